The zero-order valence-corrected chi connectivity index (χ0v) is 9.54. The summed E-state index contributed by atoms with van der Waals surface area (Å²) in [4.78, 5) is 8.67. The van der Waals surface area contributed by atoms with Crippen molar-refractivity contribution < 1.29 is 0 Å². The summed E-state index contributed by atoms with van der Waals surface area (Å²) in [5.74, 6) is 1.21. The van der Waals surface area contributed by atoms with Crippen molar-refractivity contribution in [3.05, 3.63) is 11.8 Å². The molecular formula is C11H18N4. The first-order valence-electron chi connectivity index (χ1n) is 5.37. The van der Waals surface area contributed by atoms with Gasteiger partial charge in [-0.15, -0.1) is 0 Å². The Kier molecular flexibility index (Phi) is 2.29. The molecule has 0 spiro atoms. The van der Waals surface area contributed by atoms with Gasteiger partial charge in [0.2, 0.25) is 5.95 Å². The third-order valence-corrected chi connectivity index (χ3v) is 2.42. The van der Waals surface area contributed by atoms with Crippen molar-refractivity contribution in [2.45, 2.75) is 45.1 Å². The van der Waals surface area contributed by atoms with Gasteiger partial charge in [0.1, 0.15) is 5.82 Å². The molecule has 3 N–H and O–H groups in total. The van der Waals surface area contributed by atoms with Gasteiger partial charge in [0.25, 0.3) is 0 Å². The molecule has 1 aliphatic carbocycles. The third kappa shape index (κ3) is 2.58. The predicted octanol–water partition coefficient (Wildman–Crippen LogP) is 1.93. The molecule has 2 rings (SSSR count). The van der Waals surface area contributed by atoms with Crippen molar-refractivity contribution in [3.63, 3.8) is 0 Å². The normalized spacial score (nSPS) is 16.5. The van der Waals surface area contributed by atoms with Crippen molar-refractivity contribution in [3.8, 4) is 0 Å². The van der Waals surface area contributed by atoms with Crippen LogP contribution in [0.4, 0.5) is 11.8 Å². The van der Waals surface area contributed by atoms with Crippen molar-refractivity contribution in [1.29, 1.82) is 0 Å². The SMILES string of the molecule is CC(C)(C)c1cc(N)nc(NC2CC2)n1. The van der Waals surface area contributed by atoms with Crippen LogP contribution in [-0.4, -0.2) is 16.0 Å². The Morgan fingerprint density at radius 2 is 2.00 bits per heavy atom. The summed E-state index contributed by atoms with van der Waals surface area (Å²) >= 11 is 0. The van der Waals surface area contributed by atoms with Crippen LogP contribution in [0.5, 0.6) is 0 Å². The highest BCUT2D eigenvalue weighted by molar-refractivity contribution is 5.41. The number of nitrogens with one attached hydrogen (secondary N) is 1. The minimum Gasteiger partial charge on any atom is -0.384 e. The van der Waals surface area contributed by atoms with Crippen LogP contribution < -0.4 is 11.1 Å². The van der Waals surface area contributed by atoms with Gasteiger partial charge in [0.15, 0.2) is 0 Å². The number of nitrogens with two attached hydrogens (primary N) is 1. The van der Waals surface area contributed by atoms with Crippen LogP contribution in [0.2, 0.25) is 0 Å². The van der Waals surface area contributed by atoms with E-state index in [0.717, 1.165) is 5.69 Å². The molecule has 0 aliphatic heterocycles. The third-order valence-electron chi connectivity index (χ3n) is 2.42. The van der Waals surface area contributed by atoms with Crippen LogP contribution in [0.3, 0.4) is 0 Å². The Balaban J connectivity index is 2.27. The van der Waals surface area contributed by atoms with Gasteiger partial charge in [-0.3, -0.25) is 0 Å². The average Bonchev–Trinajstić information content (AvgIpc) is 2.85. The molecule has 0 aromatic carbocycles. The van der Waals surface area contributed by atoms with Crippen molar-refractivity contribution in [2.75, 3.05) is 11.1 Å². The van der Waals surface area contributed by atoms with Crippen LogP contribution in [0.1, 0.15) is 39.3 Å². The quantitative estimate of drug-likeness (QED) is 0.776. The fourth-order valence-electron chi connectivity index (χ4n) is 1.33. The standard InChI is InChI=1S/C11H18N4/c1-11(2,3)8-6-9(12)15-10(14-8)13-7-4-5-7/h6-7H,4-5H2,1-3H3,(H3,12,13,14,15). The maximum absolute atomic E-state index is 5.76. The fourth-order valence-corrected chi connectivity index (χ4v) is 1.33. The molecule has 1 fully saturated rings. The number of anilines is 2. The van der Waals surface area contributed by atoms with E-state index >= 15 is 0 Å². The number of aromatic nitrogens is 2. The van der Waals surface area contributed by atoms with E-state index < -0.39 is 0 Å². The molecule has 0 bridgehead atoms. The monoisotopic (exact) mass is 206 g/mol. The number of hydrogen-bond donors (Lipinski definition) is 2. The second-order valence-corrected chi connectivity index (χ2v) is 5.17. The van der Waals surface area contributed by atoms with Gasteiger partial charge in [0, 0.05) is 17.5 Å². The molecule has 0 unspecified atom stereocenters. The first-order chi connectivity index (χ1) is 6.95. The highest BCUT2D eigenvalue weighted by Crippen LogP contribution is 2.26. The van der Waals surface area contributed by atoms with E-state index in [9.17, 15) is 0 Å². The minimum absolute atomic E-state index is 0.0110. The van der Waals surface area contributed by atoms with Crippen LogP contribution >= 0.6 is 0 Å². The molecule has 0 radical (unpaired) electrons. The van der Waals surface area contributed by atoms with Crippen LogP contribution in [0, 0.1) is 0 Å². The summed E-state index contributed by atoms with van der Waals surface area (Å²) in [6, 6.07) is 2.40. The van der Waals surface area contributed by atoms with Crippen molar-refractivity contribution in [1.82, 2.24) is 9.97 Å². The Hall–Kier alpha value is -1.32. The Morgan fingerprint density at radius 1 is 1.33 bits per heavy atom. The number of nitrogen functional groups attached to an aromatic ring is 1. The first-order valence-corrected chi connectivity index (χ1v) is 5.37. The number of nitrogens with zero attached hydrogens (tertiary/aromatic N) is 2. The van der Waals surface area contributed by atoms with Crippen LogP contribution in [-0.2, 0) is 5.41 Å². The molecule has 0 saturated heterocycles. The van der Waals surface area contributed by atoms with E-state index in [1.54, 1.807) is 0 Å². The summed E-state index contributed by atoms with van der Waals surface area (Å²) in [5.41, 5.74) is 6.76. The van der Waals surface area contributed by atoms with Gasteiger partial charge in [0.05, 0.1) is 5.69 Å². The Morgan fingerprint density at radius 3 is 2.53 bits per heavy atom. The van der Waals surface area contributed by atoms with Gasteiger partial charge in [-0.1, -0.05) is 20.8 Å². The van der Waals surface area contributed by atoms with E-state index in [-0.39, 0.29) is 5.41 Å². The zero-order chi connectivity index (χ0) is 11.1. The lowest BCUT2D eigenvalue weighted by atomic mass is 9.92. The molecule has 1 heterocycles. The fraction of sp³-hybridized carbons (Fsp3) is 0.636. The highest BCUT2D eigenvalue weighted by atomic mass is 15.1. The predicted molar refractivity (Wildman–Crippen MR) is 61.8 cm³/mol. The van der Waals surface area contributed by atoms with Gasteiger partial charge in [-0.2, -0.15) is 4.98 Å². The molecule has 4 heteroatoms. The summed E-state index contributed by atoms with van der Waals surface area (Å²) in [6.07, 6.45) is 2.42. The maximum atomic E-state index is 5.76. The lowest BCUT2D eigenvalue weighted by Gasteiger charge is -2.18. The maximum Gasteiger partial charge on any atom is 0.225 e. The van der Waals surface area contributed by atoms with E-state index in [2.05, 4.69) is 36.1 Å². The molecule has 1 aliphatic rings. The second kappa shape index (κ2) is 3.36. The van der Waals surface area contributed by atoms with Gasteiger partial charge < -0.3 is 11.1 Å². The van der Waals surface area contributed by atoms with E-state index in [0.29, 0.717) is 17.8 Å². The molecule has 4 nitrogen and oxygen atoms in total. The number of rotatable bonds is 2. The second-order valence-electron chi connectivity index (χ2n) is 5.17. The largest absolute Gasteiger partial charge is 0.384 e. The van der Waals surface area contributed by atoms with Gasteiger partial charge in [-0.05, 0) is 12.8 Å². The highest BCUT2D eigenvalue weighted by Gasteiger charge is 2.23. The zero-order valence-electron chi connectivity index (χ0n) is 9.54. The molecular weight excluding hydrogens is 188 g/mol. The topological polar surface area (TPSA) is 63.8 Å². The molecule has 0 amide bonds. The first kappa shape index (κ1) is 10.2. The van der Waals surface area contributed by atoms with E-state index in [1.807, 2.05) is 6.07 Å². The summed E-state index contributed by atoms with van der Waals surface area (Å²) in [6.45, 7) is 6.36. The van der Waals surface area contributed by atoms with Crippen LogP contribution in [0.25, 0.3) is 0 Å². The van der Waals surface area contributed by atoms with Gasteiger partial charge in [-0.25, -0.2) is 4.98 Å². The Labute approximate surface area is 90.3 Å². The summed E-state index contributed by atoms with van der Waals surface area (Å²) in [5, 5.41) is 3.27. The van der Waals surface area contributed by atoms with Crippen LogP contribution in [0.15, 0.2) is 6.07 Å². The van der Waals surface area contributed by atoms with Gasteiger partial charge >= 0.3 is 0 Å². The van der Waals surface area contributed by atoms with Crippen molar-refractivity contribution in [2.24, 2.45) is 0 Å². The minimum atomic E-state index is 0.0110. The summed E-state index contributed by atoms with van der Waals surface area (Å²) in [7, 11) is 0. The smallest absolute Gasteiger partial charge is 0.225 e. The van der Waals surface area contributed by atoms with E-state index in [4.69, 9.17) is 5.73 Å². The molecule has 82 valence electrons. The molecule has 1 aromatic heterocycles. The average molecular weight is 206 g/mol. The van der Waals surface area contributed by atoms with E-state index in [1.165, 1.54) is 12.8 Å². The molecule has 1 saturated carbocycles. The summed E-state index contributed by atoms with van der Waals surface area (Å²) < 4.78 is 0. The lowest BCUT2D eigenvalue weighted by Crippen LogP contribution is -2.17. The Bertz CT molecular complexity index is 363. The lowest BCUT2D eigenvalue weighted by molar-refractivity contribution is 0.568. The van der Waals surface area contributed by atoms with Crippen molar-refractivity contribution >= 4 is 11.8 Å². The molecule has 1 aromatic rings. The molecule has 0 atom stereocenters. The molecule has 15 heavy (non-hydrogen) atoms. The number of hydrogen-bond acceptors (Lipinski definition) is 4.